The lowest BCUT2D eigenvalue weighted by atomic mass is 10.3. The van der Waals surface area contributed by atoms with Gasteiger partial charge >= 0.3 is 8.09 Å². The van der Waals surface area contributed by atoms with Gasteiger partial charge in [0.15, 0.2) is 5.75 Å². The van der Waals surface area contributed by atoms with E-state index in [1.807, 2.05) is 25.1 Å². The van der Waals surface area contributed by atoms with Gasteiger partial charge in [0.2, 0.25) is 0 Å². The molecule has 1 saturated heterocycles. The van der Waals surface area contributed by atoms with Gasteiger partial charge in [0.1, 0.15) is 0 Å². The minimum Gasteiger partial charge on any atom is -0.608 e. The third-order valence-corrected chi connectivity index (χ3v) is 3.89. The van der Waals surface area contributed by atoms with Gasteiger partial charge in [0.05, 0.1) is 6.61 Å². The lowest BCUT2D eigenvalue weighted by molar-refractivity contribution is -0.218. The van der Waals surface area contributed by atoms with E-state index < -0.39 is 8.09 Å². The van der Waals surface area contributed by atoms with Crippen molar-refractivity contribution in [1.82, 2.24) is 5.09 Å². The molecule has 0 bridgehead atoms. The van der Waals surface area contributed by atoms with Crippen molar-refractivity contribution in [1.29, 1.82) is 0 Å². The summed E-state index contributed by atoms with van der Waals surface area (Å²) >= 11 is 0. The summed E-state index contributed by atoms with van der Waals surface area (Å²) in [5, 5.41) is 2.85. The Kier molecular flexibility index (Phi) is 3.22. The molecule has 1 aliphatic rings. The van der Waals surface area contributed by atoms with Crippen LogP contribution in [-0.4, -0.2) is 12.6 Å². The lowest BCUT2D eigenvalue weighted by Gasteiger charge is -2.33. The molecule has 1 aromatic rings. The smallest absolute Gasteiger partial charge is 0.362 e. The second kappa shape index (κ2) is 4.45. The largest absolute Gasteiger partial charge is 0.608 e. The molecule has 2 rings (SSSR count). The highest BCUT2D eigenvalue weighted by Crippen LogP contribution is 2.50. The van der Waals surface area contributed by atoms with Crippen LogP contribution in [-0.2, 0) is 4.52 Å². The molecule has 2 unspecified atom stereocenters. The maximum atomic E-state index is 12.1. The topological polar surface area (TPSA) is 53.5 Å². The van der Waals surface area contributed by atoms with Crippen molar-refractivity contribution in [3.8, 4) is 5.75 Å². The van der Waals surface area contributed by atoms with Gasteiger partial charge in [-0.25, -0.2) is 0 Å². The molecule has 4 nitrogen and oxygen atoms in total. The van der Waals surface area contributed by atoms with Crippen molar-refractivity contribution in [2.45, 2.75) is 19.4 Å². The van der Waals surface area contributed by atoms with Gasteiger partial charge in [0, 0.05) is 6.04 Å². The van der Waals surface area contributed by atoms with Crippen LogP contribution in [0.1, 0.15) is 13.3 Å². The van der Waals surface area contributed by atoms with Crippen LogP contribution >= 0.6 is 8.09 Å². The zero-order chi connectivity index (χ0) is 10.7. The summed E-state index contributed by atoms with van der Waals surface area (Å²) in [5.41, 5.74) is 0. The fraction of sp³-hybridized carbons (Fsp3) is 0.400. The van der Waals surface area contributed by atoms with Gasteiger partial charge in [-0.2, -0.15) is 4.52 Å². The molecule has 1 aliphatic heterocycles. The van der Waals surface area contributed by atoms with Gasteiger partial charge in [-0.3, -0.25) is 0 Å². The molecule has 0 saturated carbocycles. The van der Waals surface area contributed by atoms with Crippen molar-refractivity contribution in [3.05, 3.63) is 30.3 Å². The third-order valence-electron chi connectivity index (χ3n) is 2.16. The maximum Gasteiger partial charge on any atom is 0.362 e. The van der Waals surface area contributed by atoms with E-state index in [4.69, 9.17) is 9.05 Å². The van der Waals surface area contributed by atoms with Crippen molar-refractivity contribution in [3.63, 3.8) is 0 Å². The molecule has 2 atom stereocenters. The predicted molar refractivity (Wildman–Crippen MR) is 57.2 cm³/mol. The van der Waals surface area contributed by atoms with Crippen LogP contribution in [0, 0.1) is 0 Å². The van der Waals surface area contributed by atoms with Crippen LogP contribution in [0.2, 0.25) is 0 Å². The minimum atomic E-state index is -3.14. The average Bonchev–Trinajstić information content (AvgIpc) is 2.18. The Morgan fingerprint density at radius 1 is 1.47 bits per heavy atom. The van der Waals surface area contributed by atoms with Gasteiger partial charge in [0.25, 0.3) is 0 Å². The van der Waals surface area contributed by atoms with Crippen molar-refractivity contribution < 1.29 is 13.9 Å². The average molecular weight is 227 g/mol. The Hall–Kier alpha value is -0.670. The Bertz CT molecular complexity index is 322. The molecule has 1 N–H and O–H groups in total. The first-order chi connectivity index (χ1) is 7.18. The van der Waals surface area contributed by atoms with Gasteiger partial charge < -0.3 is 9.42 Å². The Morgan fingerprint density at radius 3 is 2.87 bits per heavy atom. The summed E-state index contributed by atoms with van der Waals surface area (Å²) in [7, 11) is -3.14. The summed E-state index contributed by atoms with van der Waals surface area (Å²) in [4.78, 5) is 12.1. The van der Waals surface area contributed by atoms with E-state index in [9.17, 15) is 4.89 Å². The SMILES string of the molecule is CC1CCO[P+]([O-])(Oc2ccccc2)N1. The molecular formula is C10H14NO3P. The summed E-state index contributed by atoms with van der Waals surface area (Å²) < 4.78 is 10.5. The van der Waals surface area contributed by atoms with E-state index in [1.54, 1.807) is 12.1 Å². The van der Waals surface area contributed by atoms with E-state index in [-0.39, 0.29) is 6.04 Å². The molecule has 0 radical (unpaired) electrons. The number of benzene rings is 1. The third kappa shape index (κ3) is 2.89. The van der Waals surface area contributed by atoms with Crippen LogP contribution in [0.3, 0.4) is 0 Å². The van der Waals surface area contributed by atoms with Crippen molar-refractivity contribution >= 4 is 8.09 Å². The van der Waals surface area contributed by atoms with Crippen molar-refractivity contribution in [2.24, 2.45) is 0 Å². The summed E-state index contributed by atoms with van der Waals surface area (Å²) in [5.74, 6) is 0.558. The predicted octanol–water partition coefficient (Wildman–Crippen LogP) is 1.50. The fourth-order valence-electron chi connectivity index (χ4n) is 1.39. The summed E-state index contributed by atoms with van der Waals surface area (Å²) in [6.07, 6.45) is 0.849. The Labute approximate surface area is 89.9 Å². The monoisotopic (exact) mass is 227 g/mol. The van der Waals surface area contributed by atoms with E-state index in [2.05, 4.69) is 5.09 Å². The molecule has 1 fully saturated rings. The Balaban J connectivity index is 2.04. The summed E-state index contributed by atoms with van der Waals surface area (Å²) in [6.45, 7) is 2.43. The van der Waals surface area contributed by atoms with Gasteiger partial charge in [-0.1, -0.05) is 18.2 Å². The molecule has 5 heteroatoms. The normalized spacial score (nSPS) is 31.2. The minimum absolute atomic E-state index is 0.160. The highest BCUT2D eigenvalue weighted by atomic mass is 31.2. The maximum absolute atomic E-state index is 12.1. The highest BCUT2D eigenvalue weighted by molar-refractivity contribution is 7.57. The second-order valence-corrected chi connectivity index (χ2v) is 5.25. The number of para-hydroxylation sites is 1. The van der Waals surface area contributed by atoms with E-state index in [0.717, 1.165) is 6.42 Å². The fourth-order valence-corrected chi connectivity index (χ4v) is 2.99. The molecule has 0 aliphatic carbocycles. The van der Waals surface area contributed by atoms with Crippen LogP contribution in [0.5, 0.6) is 5.75 Å². The standard InChI is InChI=1S/C10H14NO3P/c1-9-7-8-13-15(12,11-9)14-10-5-3-2-4-6-10/h2-6,9H,7-8H2,1H3,(H,11,12). The van der Waals surface area contributed by atoms with Gasteiger partial charge in [-0.05, 0) is 25.5 Å². The first-order valence-corrected chi connectivity index (χ1v) is 6.49. The highest BCUT2D eigenvalue weighted by Gasteiger charge is 2.37. The zero-order valence-corrected chi connectivity index (χ0v) is 9.44. The first kappa shape index (κ1) is 10.8. The first-order valence-electron chi connectivity index (χ1n) is 4.95. The molecule has 1 aromatic carbocycles. The van der Waals surface area contributed by atoms with Gasteiger partial charge in [-0.15, -0.1) is 5.09 Å². The van der Waals surface area contributed by atoms with E-state index >= 15 is 0 Å². The van der Waals surface area contributed by atoms with E-state index in [1.165, 1.54) is 0 Å². The van der Waals surface area contributed by atoms with Crippen LogP contribution < -0.4 is 14.5 Å². The van der Waals surface area contributed by atoms with Crippen LogP contribution in [0.25, 0.3) is 0 Å². The molecule has 15 heavy (non-hydrogen) atoms. The van der Waals surface area contributed by atoms with Crippen LogP contribution in [0.4, 0.5) is 0 Å². The van der Waals surface area contributed by atoms with Crippen molar-refractivity contribution in [2.75, 3.05) is 6.61 Å². The molecule has 0 spiro atoms. The number of hydrogen-bond acceptors (Lipinski definition) is 4. The molecule has 0 aromatic heterocycles. The zero-order valence-electron chi connectivity index (χ0n) is 8.55. The number of hydrogen-bond donors (Lipinski definition) is 1. The van der Waals surface area contributed by atoms with Crippen LogP contribution in [0.15, 0.2) is 30.3 Å². The quantitative estimate of drug-likeness (QED) is 0.778. The second-order valence-electron chi connectivity index (χ2n) is 3.55. The molecule has 1 heterocycles. The van der Waals surface area contributed by atoms with E-state index in [0.29, 0.717) is 12.4 Å². The molecule has 82 valence electrons. The number of nitrogens with one attached hydrogen (secondary N) is 1. The Morgan fingerprint density at radius 2 is 2.20 bits per heavy atom. The molecule has 0 amide bonds. The number of rotatable bonds is 2. The lowest BCUT2D eigenvalue weighted by Crippen LogP contribution is -2.41. The molecular weight excluding hydrogens is 213 g/mol. The summed E-state index contributed by atoms with van der Waals surface area (Å²) in [6, 6.07) is 9.20.